The van der Waals surface area contributed by atoms with Gasteiger partial charge in [0.05, 0.1) is 14.2 Å². The number of ether oxygens (including phenoxy) is 2. The molecular weight excluding hydrogens is 356 g/mol. The first-order valence-electron chi connectivity index (χ1n) is 9.15. The number of urea groups is 1. The van der Waals surface area contributed by atoms with Crippen molar-refractivity contribution in [3.63, 3.8) is 0 Å². The second-order valence-corrected chi connectivity index (χ2v) is 6.48. The van der Waals surface area contributed by atoms with Crippen molar-refractivity contribution >= 4 is 17.6 Å². The molecule has 28 heavy (non-hydrogen) atoms. The van der Waals surface area contributed by atoms with Crippen molar-refractivity contribution in [2.24, 2.45) is 0 Å². The number of amides is 2. The summed E-state index contributed by atoms with van der Waals surface area (Å²) in [5, 5.41) is 2.91. The Morgan fingerprint density at radius 2 is 1.89 bits per heavy atom. The normalized spacial score (nSPS) is 13.5. The Kier molecular flexibility index (Phi) is 6.32. The Hall–Kier alpha value is -3.28. The summed E-state index contributed by atoms with van der Waals surface area (Å²) >= 11 is 0. The molecular formula is C22H24N2O4. The highest BCUT2D eigenvalue weighted by Crippen LogP contribution is 2.23. The Morgan fingerprint density at radius 1 is 1.11 bits per heavy atom. The highest BCUT2D eigenvalue weighted by molar-refractivity contribution is 5.92. The number of benzene rings is 2. The van der Waals surface area contributed by atoms with Crippen LogP contribution in [0.2, 0.25) is 0 Å². The minimum absolute atomic E-state index is 0.126. The molecule has 0 saturated heterocycles. The van der Waals surface area contributed by atoms with Crippen LogP contribution in [0.25, 0.3) is 5.57 Å². The first kappa shape index (κ1) is 19.5. The van der Waals surface area contributed by atoms with Crippen LogP contribution in [0.3, 0.4) is 0 Å². The fraction of sp³-hybridized carbons (Fsp3) is 0.273. The Bertz CT molecular complexity index is 877. The highest BCUT2D eigenvalue weighted by Gasteiger charge is 2.18. The monoisotopic (exact) mass is 380 g/mol. The van der Waals surface area contributed by atoms with E-state index in [1.165, 1.54) is 25.4 Å². The molecule has 0 spiro atoms. The predicted octanol–water partition coefficient (Wildman–Crippen LogP) is 3.48. The van der Waals surface area contributed by atoms with Crippen LogP contribution in [0.5, 0.6) is 5.75 Å². The number of rotatable bonds is 5. The van der Waals surface area contributed by atoms with E-state index in [1.54, 1.807) is 17.0 Å². The van der Waals surface area contributed by atoms with Gasteiger partial charge in [0.25, 0.3) is 0 Å². The minimum Gasteiger partial charge on any atom is -0.496 e. The molecule has 6 heteroatoms. The molecule has 0 radical (unpaired) electrons. The third-order valence-electron chi connectivity index (χ3n) is 4.75. The molecule has 0 atom stereocenters. The van der Waals surface area contributed by atoms with Gasteiger partial charge in [0.15, 0.2) is 0 Å². The maximum Gasteiger partial charge on any atom is 0.341 e. The summed E-state index contributed by atoms with van der Waals surface area (Å²) in [6.07, 6.45) is 2.92. The molecule has 1 aliphatic rings. The maximum atomic E-state index is 12.5. The topological polar surface area (TPSA) is 67.9 Å². The average Bonchev–Trinajstić information content (AvgIpc) is 2.77. The summed E-state index contributed by atoms with van der Waals surface area (Å²) in [4.78, 5) is 26.1. The van der Waals surface area contributed by atoms with Gasteiger partial charge in [-0.2, -0.15) is 0 Å². The lowest BCUT2D eigenvalue weighted by Gasteiger charge is -2.27. The molecule has 1 heterocycles. The minimum atomic E-state index is -0.473. The van der Waals surface area contributed by atoms with E-state index in [4.69, 9.17) is 9.47 Å². The van der Waals surface area contributed by atoms with Crippen molar-refractivity contribution in [1.29, 1.82) is 0 Å². The third-order valence-corrected chi connectivity index (χ3v) is 4.75. The molecule has 2 aromatic rings. The second kappa shape index (κ2) is 9.08. The van der Waals surface area contributed by atoms with Crippen molar-refractivity contribution in [3.8, 4) is 5.75 Å². The summed E-state index contributed by atoms with van der Waals surface area (Å²) in [6, 6.07) is 15.3. The van der Waals surface area contributed by atoms with Gasteiger partial charge in [0, 0.05) is 19.6 Å². The Balaban J connectivity index is 1.59. The largest absolute Gasteiger partial charge is 0.496 e. The number of nitrogens with zero attached hydrogens (tertiary/aromatic N) is 1. The average molecular weight is 380 g/mol. The molecule has 2 aromatic carbocycles. The number of esters is 1. The van der Waals surface area contributed by atoms with Gasteiger partial charge in [-0.25, -0.2) is 9.59 Å². The van der Waals surface area contributed by atoms with Crippen LogP contribution in [0.4, 0.5) is 4.79 Å². The van der Waals surface area contributed by atoms with Crippen LogP contribution < -0.4 is 10.1 Å². The van der Waals surface area contributed by atoms with Crippen molar-refractivity contribution in [2.45, 2.75) is 13.0 Å². The van der Waals surface area contributed by atoms with E-state index in [9.17, 15) is 9.59 Å². The van der Waals surface area contributed by atoms with E-state index in [2.05, 4.69) is 23.5 Å². The maximum absolute atomic E-state index is 12.5. The number of nitrogens with one attached hydrogen (secondary N) is 1. The van der Waals surface area contributed by atoms with Crippen LogP contribution in [-0.4, -0.2) is 44.2 Å². The fourth-order valence-corrected chi connectivity index (χ4v) is 3.19. The molecule has 0 aliphatic carbocycles. The smallest absolute Gasteiger partial charge is 0.341 e. The first-order valence-corrected chi connectivity index (χ1v) is 9.15. The van der Waals surface area contributed by atoms with Gasteiger partial charge in [-0.3, -0.25) is 0 Å². The molecule has 2 amide bonds. The summed E-state index contributed by atoms with van der Waals surface area (Å²) in [6.45, 7) is 1.56. The lowest BCUT2D eigenvalue weighted by atomic mass is 10.00. The van der Waals surface area contributed by atoms with Gasteiger partial charge in [0.1, 0.15) is 11.3 Å². The molecule has 0 saturated carbocycles. The Labute approximate surface area is 164 Å². The van der Waals surface area contributed by atoms with Gasteiger partial charge >= 0.3 is 12.0 Å². The predicted molar refractivity (Wildman–Crippen MR) is 107 cm³/mol. The lowest BCUT2D eigenvalue weighted by molar-refractivity contribution is 0.0597. The van der Waals surface area contributed by atoms with E-state index in [0.717, 1.165) is 12.0 Å². The number of methoxy groups -OCH3 is 2. The van der Waals surface area contributed by atoms with Gasteiger partial charge in [0.2, 0.25) is 0 Å². The first-order chi connectivity index (χ1) is 13.6. The molecule has 3 rings (SSSR count). The van der Waals surface area contributed by atoms with Gasteiger partial charge in [-0.15, -0.1) is 0 Å². The van der Waals surface area contributed by atoms with Gasteiger partial charge < -0.3 is 19.7 Å². The van der Waals surface area contributed by atoms with Crippen LogP contribution in [0.15, 0.2) is 54.6 Å². The van der Waals surface area contributed by atoms with Crippen molar-refractivity contribution in [2.75, 3.05) is 27.3 Å². The fourth-order valence-electron chi connectivity index (χ4n) is 3.19. The highest BCUT2D eigenvalue weighted by atomic mass is 16.5. The zero-order valence-electron chi connectivity index (χ0n) is 16.1. The van der Waals surface area contributed by atoms with E-state index in [-0.39, 0.29) is 6.03 Å². The molecule has 1 aliphatic heterocycles. The van der Waals surface area contributed by atoms with Crippen LogP contribution in [0, 0.1) is 0 Å². The second-order valence-electron chi connectivity index (χ2n) is 6.48. The zero-order valence-corrected chi connectivity index (χ0v) is 16.1. The SMILES string of the molecule is COC(=O)c1cc(CNC(=O)N2CC=C(c3ccccc3)CC2)ccc1OC. The van der Waals surface area contributed by atoms with Crippen molar-refractivity contribution in [1.82, 2.24) is 10.2 Å². The van der Waals surface area contributed by atoms with Crippen molar-refractivity contribution < 1.29 is 19.1 Å². The van der Waals surface area contributed by atoms with Crippen LogP contribution in [0.1, 0.15) is 27.9 Å². The summed E-state index contributed by atoms with van der Waals surface area (Å²) in [7, 11) is 2.82. The summed E-state index contributed by atoms with van der Waals surface area (Å²) in [5.41, 5.74) is 3.61. The van der Waals surface area contributed by atoms with E-state index >= 15 is 0 Å². The lowest BCUT2D eigenvalue weighted by Crippen LogP contribution is -2.41. The van der Waals surface area contributed by atoms with Gasteiger partial charge in [-0.1, -0.05) is 42.5 Å². The summed E-state index contributed by atoms with van der Waals surface area (Å²) < 4.78 is 9.97. The molecule has 0 aromatic heterocycles. The van der Waals surface area contributed by atoms with Crippen LogP contribution in [-0.2, 0) is 11.3 Å². The molecule has 0 bridgehead atoms. The zero-order chi connectivity index (χ0) is 19.9. The number of carbonyl (C=O) groups excluding carboxylic acids is 2. The van der Waals surface area contributed by atoms with E-state index < -0.39 is 5.97 Å². The Morgan fingerprint density at radius 3 is 2.54 bits per heavy atom. The molecule has 146 valence electrons. The molecule has 0 unspecified atom stereocenters. The standard InChI is InChI=1S/C22H24N2O4/c1-27-20-9-8-16(14-19(20)21(25)28-2)15-23-22(26)24-12-10-18(11-13-24)17-6-4-3-5-7-17/h3-10,14H,11-13,15H2,1-2H3,(H,23,26). The van der Waals surface area contributed by atoms with E-state index in [1.807, 2.05) is 24.3 Å². The molecule has 1 N–H and O–H groups in total. The molecule has 0 fully saturated rings. The van der Waals surface area contributed by atoms with Crippen molar-refractivity contribution in [3.05, 3.63) is 71.3 Å². The molecule has 6 nitrogen and oxygen atoms in total. The number of hydrogen-bond donors (Lipinski definition) is 1. The quantitative estimate of drug-likeness (QED) is 0.807. The number of hydrogen-bond acceptors (Lipinski definition) is 4. The van der Waals surface area contributed by atoms with Crippen LogP contribution >= 0.6 is 0 Å². The summed E-state index contributed by atoms with van der Waals surface area (Å²) in [5.74, 6) is -0.0313. The van der Waals surface area contributed by atoms with E-state index in [0.29, 0.717) is 30.9 Å². The third kappa shape index (κ3) is 4.52. The van der Waals surface area contributed by atoms with Gasteiger partial charge in [-0.05, 0) is 35.3 Å². The number of carbonyl (C=O) groups is 2.